The highest BCUT2D eigenvalue weighted by molar-refractivity contribution is 7.89. The smallest absolute Gasteiger partial charge is 0.151 e. The van der Waals surface area contributed by atoms with E-state index < -0.39 is 9.84 Å². The largest absolute Gasteiger partial charge is 0.468 e. The summed E-state index contributed by atoms with van der Waals surface area (Å²) in [6.07, 6.45) is 2.63. The van der Waals surface area contributed by atoms with Crippen molar-refractivity contribution in [2.45, 2.75) is 12.3 Å². The molecule has 0 bridgehead atoms. The molecule has 0 aliphatic rings. The molecular weight excluding hydrogens is 178 g/mol. The van der Waals surface area contributed by atoms with Crippen LogP contribution in [0.4, 0.5) is 0 Å². The predicted molar refractivity (Wildman–Crippen MR) is 45.1 cm³/mol. The molecule has 0 spiro atoms. The maximum atomic E-state index is 10.9. The predicted octanol–water partition coefficient (Wildman–Crippen LogP) is 0.283. The highest BCUT2D eigenvalue weighted by Gasteiger charge is 2.10. The highest BCUT2D eigenvalue weighted by Crippen LogP contribution is 2.12. The monoisotopic (exact) mass is 189 g/mol. The zero-order valence-electron chi connectivity index (χ0n) is 6.78. The van der Waals surface area contributed by atoms with Gasteiger partial charge in [-0.25, -0.2) is 8.42 Å². The Labute approximate surface area is 71.3 Å². The molecule has 1 rings (SSSR count). The van der Waals surface area contributed by atoms with Crippen molar-refractivity contribution in [1.29, 1.82) is 0 Å². The van der Waals surface area contributed by atoms with E-state index in [0.29, 0.717) is 11.3 Å². The summed E-state index contributed by atoms with van der Waals surface area (Å²) in [5, 5.41) is 0. The van der Waals surface area contributed by atoms with E-state index in [0.717, 1.165) is 0 Å². The van der Waals surface area contributed by atoms with Gasteiger partial charge >= 0.3 is 0 Å². The van der Waals surface area contributed by atoms with Crippen molar-refractivity contribution >= 4 is 9.84 Å². The van der Waals surface area contributed by atoms with Gasteiger partial charge in [-0.05, 0) is 6.07 Å². The molecule has 0 aliphatic heterocycles. The van der Waals surface area contributed by atoms with Gasteiger partial charge in [-0.15, -0.1) is 0 Å². The lowest BCUT2D eigenvalue weighted by molar-refractivity contribution is 0.508. The van der Waals surface area contributed by atoms with Crippen molar-refractivity contribution in [1.82, 2.24) is 0 Å². The number of furan rings is 1. The van der Waals surface area contributed by atoms with Crippen LogP contribution >= 0.6 is 0 Å². The van der Waals surface area contributed by atoms with Crippen LogP contribution in [0.2, 0.25) is 0 Å². The highest BCUT2D eigenvalue weighted by atomic mass is 32.2. The van der Waals surface area contributed by atoms with Gasteiger partial charge in [-0.3, -0.25) is 0 Å². The average Bonchev–Trinajstić information content (AvgIpc) is 2.31. The molecule has 1 aromatic rings. The van der Waals surface area contributed by atoms with Gasteiger partial charge in [0, 0.05) is 11.8 Å². The van der Waals surface area contributed by atoms with E-state index in [4.69, 9.17) is 10.2 Å². The molecule has 0 saturated heterocycles. The van der Waals surface area contributed by atoms with Crippen LogP contribution in [-0.4, -0.2) is 14.7 Å². The SMILES string of the molecule is CS(=O)(=O)Cc1ccoc1CN. The first-order chi connectivity index (χ1) is 5.53. The van der Waals surface area contributed by atoms with E-state index in [1.165, 1.54) is 12.5 Å². The standard InChI is InChI=1S/C7H11NO3S/c1-12(9,10)5-6-2-3-11-7(6)4-8/h2-3H,4-5,8H2,1H3. The average molecular weight is 189 g/mol. The third kappa shape index (κ3) is 2.35. The van der Waals surface area contributed by atoms with Crippen LogP contribution in [0.3, 0.4) is 0 Å². The minimum atomic E-state index is -3.00. The van der Waals surface area contributed by atoms with Crippen molar-refractivity contribution in [2.75, 3.05) is 6.26 Å². The van der Waals surface area contributed by atoms with Crippen molar-refractivity contribution in [2.24, 2.45) is 5.73 Å². The molecule has 0 radical (unpaired) electrons. The summed E-state index contributed by atoms with van der Waals surface area (Å²) in [5.74, 6) is 0.538. The van der Waals surface area contributed by atoms with Crippen LogP contribution in [0.25, 0.3) is 0 Å². The second kappa shape index (κ2) is 3.28. The van der Waals surface area contributed by atoms with Gasteiger partial charge in [-0.1, -0.05) is 0 Å². The maximum Gasteiger partial charge on any atom is 0.151 e. The van der Waals surface area contributed by atoms with Crippen LogP contribution in [-0.2, 0) is 22.1 Å². The zero-order chi connectivity index (χ0) is 9.19. The van der Waals surface area contributed by atoms with Crippen molar-refractivity contribution < 1.29 is 12.8 Å². The summed E-state index contributed by atoms with van der Waals surface area (Å²) in [7, 11) is -3.00. The summed E-state index contributed by atoms with van der Waals surface area (Å²) >= 11 is 0. The zero-order valence-corrected chi connectivity index (χ0v) is 7.60. The molecule has 4 nitrogen and oxygen atoms in total. The topological polar surface area (TPSA) is 73.3 Å². The Morgan fingerprint density at radius 1 is 1.58 bits per heavy atom. The molecule has 0 aromatic carbocycles. The van der Waals surface area contributed by atoms with E-state index in [1.54, 1.807) is 6.07 Å². The van der Waals surface area contributed by atoms with Gasteiger partial charge in [0.2, 0.25) is 0 Å². The number of rotatable bonds is 3. The van der Waals surface area contributed by atoms with E-state index in [-0.39, 0.29) is 12.3 Å². The Kier molecular flexibility index (Phi) is 2.54. The molecular formula is C7H11NO3S. The summed E-state index contributed by atoms with van der Waals surface area (Å²) < 4.78 is 26.7. The van der Waals surface area contributed by atoms with E-state index >= 15 is 0 Å². The first kappa shape index (κ1) is 9.28. The molecule has 68 valence electrons. The van der Waals surface area contributed by atoms with Gasteiger partial charge in [0.05, 0.1) is 18.6 Å². The van der Waals surface area contributed by atoms with Crippen molar-refractivity contribution in [3.63, 3.8) is 0 Å². The number of sulfone groups is 1. The minimum Gasteiger partial charge on any atom is -0.468 e. The maximum absolute atomic E-state index is 10.9. The Bertz CT molecular complexity index is 352. The third-order valence-electron chi connectivity index (χ3n) is 1.44. The van der Waals surface area contributed by atoms with Gasteiger partial charge in [0.15, 0.2) is 9.84 Å². The van der Waals surface area contributed by atoms with E-state index in [2.05, 4.69) is 0 Å². The fourth-order valence-electron chi connectivity index (χ4n) is 0.957. The van der Waals surface area contributed by atoms with Gasteiger partial charge in [0.25, 0.3) is 0 Å². The molecule has 0 amide bonds. The molecule has 0 fully saturated rings. The van der Waals surface area contributed by atoms with Crippen LogP contribution in [0, 0.1) is 0 Å². The Morgan fingerprint density at radius 2 is 2.25 bits per heavy atom. The second-order valence-corrected chi connectivity index (χ2v) is 4.78. The number of nitrogens with two attached hydrogens (primary N) is 1. The van der Waals surface area contributed by atoms with Gasteiger partial charge in [-0.2, -0.15) is 0 Å². The Balaban J connectivity index is 2.89. The molecule has 0 unspecified atom stereocenters. The summed E-state index contributed by atoms with van der Waals surface area (Å²) in [6.45, 7) is 0.234. The van der Waals surface area contributed by atoms with Crippen LogP contribution < -0.4 is 5.73 Å². The second-order valence-electron chi connectivity index (χ2n) is 2.64. The lowest BCUT2D eigenvalue weighted by Crippen LogP contribution is -2.04. The fraction of sp³-hybridized carbons (Fsp3) is 0.429. The molecule has 12 heavy (non-hydrogen) atoms. The first-order valence-corrected chi connectivity index (χ1v) is 5.52. The lowest BCUT2D eigenvalue weighted by Gasteiger charge is -1.97. The van der Waals surface area contributed by atoms with Crippen LogP contribution in [0.5, 0.6) is 0 Å². The molecule has 1 heterocycles. The summed E-state index contributed by atoms with van der Waals surface area (Å²) in [4.78, 5) is 0. The minimum absolute atomic E-state index is 0.00394. The first-order valence-electron chi connectivity index (χ1n) is 3.46. The van der Waals surface area contributed by atoms with Gasteiger partial charge in [0.1, 0.15) is 5.76 Å². The molecule has 0 aliphatic carbocycles. The number of hydrogen-bond acceptors (Lipinski definition) is 4. The molecule has 2 N–H and O–H groups in total. The third-order valence-corrected chi connectivity index (χ3v) is 2.28. The Morgan fingerprint density at radius 3 is 2.75 bits per heavy atom. The van der Waals surface area contributed by atoms with Gasteiger partial charge < -0.3 is 10.2 Å². The Hall–Kier alpha value is -0.810. The lowest BCUT2D eigenvalue weighted by atomic mass is 10.3. The normalized spacial score (nSPS) is 11.8. The van der Waals surface area contributed by atoms with E-state index in [9.17, 15) is 8.42 Å². The van der Waals surface area contributed by atoms with Crippen LogP contribution in [0.15, 0.2) is 16.7 Å². The summed E-state index contributed by atoms with van der Waals surface area (Å²) in [5.41, 5.74) is 5.98. The van der Waals surface area contributed by atoms with Crippen molar-refractivity contribution in [3.8, 4) is 0 Å². The molecule has 0 saturated carbocycles. The van der Waals surface area contributed by atoms with Crippen molar-refractivity contribution in [3.05, 3.63) is 23.7 Å². The molecule has 1 aromatic heterocycles. The van der Waals surface area contributed by atoms with Crippen LogP contribution in [0.1, 0.15) is 11.3 Å². The molecule has 0 atom stereocenters. The van der Waals surface area contributed by atoms with E-state index in [1.807, 2.05) is 0 Å². The molecule has 5 heteroatoms. The fourth-order valence-corrected chi connectivity index (χ4v) is 1.78. The number of hydrogen-bond donors (Lipinski definition) is 1. The summed E-state index contributed by atoms with van der Waals surface area (Å²) in [6, 6.07) is 1.63. The quantitative estimate of drug-likeness (QED) is 0.741.